The molecule has 7 heteroatoms. The van der Waals surface area contributed by atoms with Crippen LogP contribution >= 0.6 is 11.6 Å². The maximum atomic E-state index is 12.5. The number of cyclic esters (lactones) is 1. The molecule has 2 aliphatic rings. The summed E-state index contributed by atoms with van der Waals surface area (Å²) >= 11 is 6.05. The molecule has 0 unspecified atom stereocenters. The molecule has 0 spiro atoms. The molecule has 2 aliphatic heterocycles. The Morgan fingerprint density at radius 1 is 1.20 bits per heavy atom. The van der Waals surface area contributed by atoms with Crippen LogP contribution in [0.3, 0.4) is 0 Å². The first-order valence-electron chi connectivity index (χ1n) is 7.84. The van der Waals surface area contributed by atoms with Gasteiger partial charge in [0.05, 0.1) is 11.1 Å². The number of carbonyl (C=O) groups excluding carboxylic acids is 2. The molecular formula is C18H17ClO6. The zero-order chi connectivity index (χ0) is 18.1. The first kappa shape index (κ1) is 17.5. The molecule has 0 radical (unpaired) electrons. The number of halogens is 1. The van der Waals surface area contributed by atoms with Crippen LogP contribution in [0.15, 0.2) is 30.4 Å². The van der Waals surface area contributed by atoms with Crippen molar-refractivity contribution in [2.75, 3.05) is 0 Å². The van der Waals surface area contributed by atoms with E-state index in [9.17, 15) is 19.8 Å². The van der Waals surface area contributed by atoms with Gasteiger partial charge in [-0.05, 0) is 13.0 Å². The fraction of sp³-hybridized carbons (Fsp3) is 0.333. The lowest BCUT2D eigenvalue weighted by molar-refractivity contribution is -0.114. The van der Waals surface area contributed by atoms with E-state index in [1.165, 1.54) is 6.08 Å². The Balaban J connectivity index is 2.01. The smallest absolute Gasteiger partial charge is 0.342 e. The Hall–Kier alpha value is -2.31. The van der Waals surface area contributed by atoms with Crippen molar-refractivity contribution in [1.29, 1.82) is 0 Å². The molecular weight excluding hydrogens is 348 g/mol. The summed E-state index contributed by atoms with van der Waals surface area (Å²) in [4.78, 5) is 24.6. The molecule has 0 bridgehead atoms. The van der Waals surface area contributed by atoms with E-state index in [-0.39, 0.29) is 40.6 Å². The molecule has 1 fully saturated rings. The van der Waals surface area contributed by atoms with Gasteiger partial charge >= 0.3 is 5.97 Å². The lowest BCUT2D eigenvalue weighted by Gasteiger charge is -2.16. The van der Waals surface area contributed by atoms with E-state index in [1.54, 1.807) is 19.1 Å². The molecule has 0 saturated carbocycles. The number of ether oxygens (including phenoxy) is 2. The van der Waals surface area contributed by atoms with E-state index in [1.807, 2.05) is 6.08 Å². The number of carbonyl (C=O) groups is 2. The number of benzene rings is 1. The Labute approximate surface area is 149 Å². The van der Waals surface area contributed by atoms with Crippen LogP contribution in [0.1, 0.15) is 29.3 Å². The van der Waals surface area contributed by atoms with E-state index in [2.05, 4.69) is 0 Å². The molecule has 0 aliphatic carbocycles. The number of rotatable bonds is 0. The Bertz CT molecular complexity index is 782. The van der Waals surface area contributed by atoms with Crippen LogP contribution in [0.25, 0.3) is 0 Å². The second-order valence-corrected chi connectivity index (χ2v) is 6.44. The van der Waals surface area contributed by atoms with E-state index < -0.39 is 23.6 Å². The maximum Gasteiger partial charge on any atom is 0.342 e. The monoisotopic (exact) mass is 364 g/mol. The number of allylic oxidation sites excluding steroid dienone is 3. The average Bonchev–Trinajstić information content (AvgIpc) is 3.25. The van der Waals surface area contributed by atoms with Crippen LogP contribution in [-0.4, -0.2) is 40.3 Å². The highest BCUT2D eigenvalue weighted by Gasteiger charge is 2.38. The van der Waals surface area contributed by atoms with Crippen molar-refractivity contribution in [2.24, 2.45) is 0 Å². The van der Waals surface area contributed by atoms with Crippen LogP contribution in [0.5, 0.6) is 11.5 Å². The zero-order valence-electron chi connectivity index (χ0n) is 13.4. The van der Waals surface area contributed by atoms with Gasteiger partial charge in [0.2, 0.25) is 0 Å². The summed E-state index contributed by atoms with van der Waals surface area (Å²) < 4.78 is 10.8. The number of epoxide rings is 1. The molecule has 132 valence electrons. The molecule has 3 rings (SSSR count). The van der Waals surface area contributed by atoms with Crippen molar-refractivity contribution >= 4 is 23.4 Å². The van der Waals surface area contributed by atoms with Crippen molar-refractivity contribution in [3.05, 3.63) is 46.5 Å². The minimum absolute atomic E-state index is 0.0348. The third kappa shape index (κ3) is 3.86. The van der Waals surface area contributed by atoms with Gasteiger partial charge in [-0.3, -0.25) is 4.79 Å². The SMILES string of the molecule is C[C@H]1C[C@H]2O[C@H]2/C=C/C=C\C(=O)Cc2c(Cl)c(O)cc(O)c2C(=O)O1. The van der Waals surface area contributed by atoms with Gasteiger partial charge in [0, 0.05) is 24.5 Å². The highest BCUT2D eigenvalue weighted by Crippen LogP contribution is 2.37. The fourth-order valence-electron chi connectivity index (χ4n) is 2.78. The topological polar surface area (TPSA) is 96.4 Å². The Morgan fingerprint density at radius 3 is 2.72 bits per heavy atom. The first-order chi connectivity index (χ1) is 11.9. The van der Waals surface area contributed by atoms with Gasteiger partial charge in [-0.2, -0.15) is 0 Å². The Kier molecular flexibility index (Phi) is 4.83. The second-order valence-electron chi connectivity index (χ2n) is 6.06. The van der Waals surface area contributed by atoms with E-state index >= 15 is 0 Å². The second kappa shape index (κ2) is 6.90. The number of ketones is 1. The number of esters is 1. The number of fused-ring (bicyclic) bond motifs is 2. The average molecular weight is 365 g/mol. The molecule has 1 aromatic carbocycles. The Morgan fingerprint density at radius 2 is 1.96 bits per heavy atom. The standard InChI is InChI=1S/C18H17ClO6/c1-9-6-15-14(25-15)5-3-2-4-10(20)7-11-16(18(23)24-9)12(21)8-13(22)17(11)19/h2-5,8-9,14-15,21-22H,6-7H2,1H3/b4-2-,5-3+/t9-,14-,15+/m0/s1. The largest absolute Gasteiger partial charge is 0.507 e. The van der Waals surface area contributed by atoms with Crippen molar-refractivity contribution < 1.29 is 29.3 Å². The van der Waals surface area contributed by atoms with Gasteiger partial charge in [-0.25, -0.2) is 4.79 Å². The third-order valence-corrected chi connectivity index (χ3v) is 4.49. The highest BCUT2D eigenvalue weighted by molar-refractivity contribution is 6.33. The predicted octanol–water partition coefficient (Wildman–Crippen LogP) is 2.69. The summed E-state index contributed by atoms with van der Waals surface area (Å²) in [6.07, 6.45) is 6.13. The first-order valence-corrected chi connectivity index (χ1v) is 8.22. The minimum Gasteiger partial charge on any atom is -0.507 e. The van der Waals surface area contributed by atoms with Crippen LogP contribution in [0.4, 0.5) is 0 Å². The van der Waals surface area contributed by atoms with Crippen molar-refractivity contribution in [3.8, 4) is 11.5 Å². The molecule has 3 atom stereocenters. The van der Waals surface area contributed by atoms with Crippen LogP contribution < -0.4 is 0 Å². The highest BCUT2D eigenvalue weighted by atomic mass is 35.5. The summed E-state index contributed by atoms with van der Waals surface area (Å²) in [6.45, 7) is 1.72. The number of hydrogen-bond donors (Lipinski definition) is 2. The van der Waals surface area contributed by atoms with E-state index in [0.717, 1.165) is 6.07 Å². The number of hydrogen-bond acceptors (Lipinski definition) is 6. The fourth-order valence-corrected chi connectivity index (χ4v) is 3.00. The normalized spacial score (nSPS) is 29.0. The molecule has 0 amide bonds. The van der Waals surface area contributed by atoms with Gasteiger partial charge < -0.3 is 19.7 Å². The molecule has 2 heterocycles. The van der Waals surface area contributed by atoms with Gasteiger partial charge in [0.25, 0.3) is 0 Å². The maximum absolute atomic E-state index is 12.5. The summed E-state index contributed by atoms with van der Waals surface area (Å²) in [5.41, 5.74) is -0.176. The van der Waals surface area contributed by atoms with Crippen molar-refractivity contribution in [3.63, 3.8) is 0 Å². The van der Waals surface area contributed by atoms with Crippen molar-refractivity contribution in [2.45, 2.75) is 38.1 Å². The summed E-state index contributed by atoms with van der Waals surface area (Å²) in [5, 5.41) is 19.7. The van der Waals surface area contributed by atoms with E-state index in [0.29, 0.717) is 6.42 Å². The molecule has 0 aromatic heterocycles. The van der Waals surface area contributed by atoms with Gasteiger partial charge in [-0.15, -0.1) is 0 Å². The van der Waals surface area contributed by atoms with Gasteiger partial charge in [0.15, 0.2) is 5.78 Å². The van der Waals surface area contributed by atoms with Crippen LogP contribution in [0, 0.1) is 0 Å². The quantitative estimate of drug-likeness (QED) is 0.542. The zero-order valence-corrected chi connectivity index (χ0v) is 14.2. The van der Waals surface area contributed by atoms with Gasteiger partial charge in [0.1, 0.15) is 29.3 Å². The molecule has 1 saturated heterocycles. The third-order valence-electron chi connectivity index (χ3n) is 4.06. The molecule has 25 heavy (non-hydrogen) atoms. The lowest BCUT2D eigenvalue weighted by Crippen LogP contribution is -2.19. The number of phenolic OH excluding ortho intramolecular Hbond substituents is 2. The molecule has 2 N–H and O–H groups in total. The molecule has 6 nitrogen and oxygen atoms in total. The minimum atomic E-state index is -0.802. The van der Waals surface area contributed by atoms with Crippen molar-refractivity contribution in [1.82, 2.24) is 0 Å². The van der Waals surface area contributed by atoms with Crippen LogP contribution in [-0.2, 0) is 20.7 Å². The predicted molar refractivity (Wildman–Crippen MR) is 89.9 cm³/mol. The molecule has 1 aromatic rings. The van der Waals surface area contributed by atoms with Crippen LogP contribution in [0.2, 0.25) is 5.02 Å². The van der Waals surface area contributed by atoms with Gasteiger partial charge in [-0.1, -0.05) is 29.8 Å². The van der Waals surface area contributed by atoms with E-state index in [4.69, 9.17) is 21.1 Å². The number of aromatic hydroxyl groups is 2. The summed E-state index contributed by atoms with van der Waals surface area (Å²) in [6, 6.07) is 0.958. The lowest BCUT2D eigenvalue weighted by atomic mass is 10.00. The summed E-state index contributed by atoms with van der Waals surface area (Å²) in [7, 11) is 0. The number of phenols is 2. The summed E-state index contributed by atoms with van der Waals surface area (Å²) in [5.74, 6) is -2.04.